The molecule has 0 bridgehead atoms. The van der Waals surface area contributed by atoms with Crippen molar-refractivity contribution in [1.82, 2.24) is 19.1 Å². The van der Waals surface area contributed by atoms with Crippen LogP contribution in [0, 0.1) is 0 Å². The number of esters is 1. The number of ether oxygens (including phenoxy) is 1. The number of imidazole rings is 2. The van der Waals surface area contributed by atoms with E-state index in [0.29, 0.717) is 24.9 Å². The number of nitrogens with zero attached hydrogens (tertiary/aromatic N) is 4. The smallest absolute Gasteiger partial charge is 0.359 e. The highest BCUT2D eigenvalue weighted by atomic mass is 80.9. The van der Waals surface area contributed by atoms with Crippen LogP contribution in [0.1, 0.15) is 74.5 Å². The number of ketones is 1. The number of carbonyl (C=O) groups excluding carboxylic acids is 2. The Balaban J connectivity index is 0.000000252. The van der Waals surface area contributed by atoms with Crippen molar-refractivity contribution in [3.8, 4) is 0 Å². The van der Waals surface area contributed by atoms with Gasteiger partial charge in [-0.1, -0.05) is 13.8 Å². The van der Waals surface area contributed by atoms with Gasteiger partial charge in [-0.05, 0) is 35.7 Å². The summed E-state index contributed by atoms with van der Waals surface area (Å²) in [6, 6.07) is 0. The van der Waals surface area contributed by atoms with Crippen molar-refractivity contribution in [3.63, 3.8) is 0 Å². The molecule has 10 heteroatoms. The highest BCUT2D eigenvalue weighted by Crippen LogP contribution is 2.25. The van der Waals surface area contributed by atoms with E-state index in [0.717, 1.165) is 48.6 Å². The van der Waals surface area contributed by atoms with Crippen LogP contribution in [0.2, 0.25) is 0 Å². The van der Waals surface area contributed by atoms with Crippen molar-refractivity contribution in [2.75, 3.05) is 6.61 Å². The van der Waals surface area contributed by atoms with E-state index in [9.17, 15) is 9.59 Å². The number of aryl methyl sites for hydroxylation is 3. The summed E-state index contributed by atoms with van der Waals surface area (Å²) in [5.41, 5.74) is 1.02. The quantitative estimate of drug-likeness (QED) is 0.343. The van der Waals surface area contributed by atoms with E-state index in [4.69, 9.17) is 6.11 Å². The Morgan fingerprint density at radius 3 is 2.38 bits per heavy atom. The second kappa shape index (κ2) is 13.3. The molecule has 162 valence electrons. The fourth-order valence-corrected chi connectivity index (χ4v) is 3.68. The SMILES string of the molecule is BrBr.CC(=O)c1cn2c(n1)CCC2.CCOC(=O)c1nc2n(c1Br)CCC2.[2H]CC. The van der Waals surface area contributed by atoms with Gasteiger partial charge in [0.1, 0.15) is 21.9 Å². The third kappa shape index (κ3) is 6.75. The molecule has 2 aromatic rings. The molecule has 4 heterocycles. The van der Waals surface area contributed by atoms with Crippen LogP contribution >= 0.6 is 44.2 Å². The second-order valence-corrected chi connectivity index (χ2v) is 6.79. The Morgan fingerprint density at radius 1 is 1.21 bits per heavy atom. The minimum Gasteiger partial charge on any atom is -0.461 e. The maximum atomic E-state index is 11.4. The number of fused-ring (bicyclic) bond motifs is 2. The number of aromatic nitrogens is 4. The van der Waals surface area contributed by atoms with Gasteiger partial charge >= 0.3 is 5.97 Å². The standard InChI is InChI=1S/C9H11BrN2O2.C8H10N2O.C2H6.Br2/c1-2-14-9(13)7-8(10)12-5-3-4-6(12)11-7;1-6(11)7-5-10-4-2-3-8(10)9-7;2*1-2/h2-5H2,1H3;5H,2-4H2,1H3;1-2H3;/i;;1D;. The molecule has 0 amide bonds. The van der Waals surface area contributed by atoms with Gasteiger partial charge in [0.05, 0.1) is 6.61 Å². The lowest BCUT2D eigenvalue weighted by molar-refractivity contribution is 0.0518. The highest BCUT2D eigenvalue weighted by molar-refractivity contribution is 9.93. The van der Waals surface area contributed by atoms with Gasteiger partial charge in [-0.2, -0.15) is 0 Å². The molecule has 2 aromatic heterocycles. The average molecular weight is 600 g/mol. The molecule has 0 saturated carbocycles. The lowest BCUT2D eigenvalue weighted by Crippen LogP contribution is -2.06. The molecule has 0 unspecified atom stereocenters. The summed E-state index contributed by atoms with van der Waals surface area (Å²) in [7, 11) is 0. The number of rotatable bonds is 3. The van der Waals surface area contributed by atoms with Crippen LogP contribution in [0.15, 0.2) is 10.8 Å². The van der Waals surface area contributed by atoms with E-state index in [1.54, 1.807) is 20.8 Å². The number of hydrogen-bond acceptors (Lipinski definition) is 5. The summed E-state index contributed by atoms with van der Waals surface area (Å²) in [5.74, 6) is 1.75. The molecule has 0 spiro atoms. The fraction of sp³-hybridized carbons (Fsp3) is 0.579. The topological polar surface area (TPSA) is 79.0 Å². The number of Topliss-reactive ketones (excluding diaryl/α,β-unsaturated/α-hetero) is 1. The van der Waals surface area contributed by atoms with E-state index in [1.807, 2.05) is 10.8 Å². The molecular formula is C19H27Br3N4O3. The maximum Gasteiger partial charge on any atom is 0.359 e. The summed E-state index contributed by atoms with van der Waals surface area (Å²) >= 11 is 8.87. The molecule has 0 atom stereocenters. The number of carbonyl (C=O) groups is 2. The molecule has 0 radical (unpaired) electrons. The molecule has 2 aliphatic heterocycles. The first-order valence-corrected chi connectivity index (χ1v) is 13.9. The molecule has 0 fully saturated rings. The predicted molar refractivity (Wildman–Crippen MR) is 124 cm³/mol. The maximum absolute atomic E-state index is 11.4. The Hall–Kier alpha value is -1.00. The third-order valence-electron chi connectivity index (χ3n) is 4.25. The molecule has 4 rings (SSSR count). The lowest BCUT2D eigenvalue weighted by atomic mass is 10.3. The van der Waals surface area contributed by atoms with E-state index in [-0.39, 0.29) is 11.8 Å². The van der Waals surface area contributed by atoms with Crippen molar-refractivity contribution in [2.45, 2.75) is 66.4 Å². The van der Waals surface area contributed by atoms with E-state index in [2.05, 4.69) is 58.7 Å². The Bertz CT molecular complexity index is 818. The molecule has 0 saturated heterocycles. The average Bonchev–Trinajstić information content (AvgIpc) is 3.47. The molecular weight excluding hydrogens is 572 g/mol. The first kappa shape index (κ1) is 24.3. The molecule has 2 aliphatic rings. The molecule has 0 N–H and O–H groups in total. The normalized spacial score (nSPS) is 13.4. The van der Waals surface area contributed by atoms with Crippen molar-refractivity contribution in [1.29, 1.82) is 0 Å². The second-order valence-electron chi connectivity index (χ2n) is 6.04. The molecule has 7 nitrogen and oxygen atoms in total. The van der Waals surface area contributed by atoms with Crippen molar-refractivity contribution >= 4 is 55.9 Å². The minimum atomic E-state index is -0.346. The highest BCUT2D eigenvalue weighted by Gasteiger charge is 2.24. The van der Waals surface area contributed by atoms with Crippen LogP contribution in [0.4, 0.5) is 0 Å². The van der Waals surface area contributed by atoms with E-state index < -0.39 is 0 Å². The van der Waals surface area contributed by atoms with Gasteiger partial charge in [0.2, 0.25) is 0 Å². The summed E-state index contributed by atoms with van der Waals surface area (Å²) in [4.78, 5) is 30.8. The first-order chi connectivity index (χ1) is 14.4. The van der Waals surface area contributed by atoms with Crippen LogP contribution in [-0.2, 0) is 30.7 Å². The van der Waals surface area contributed by atoms with E-state index in [1.165, 1.54) is 6.42 Å². The summed E-state index contributed by atoms with van der Waals surface area (Å²) in [6.07, 6.45) is 6.08. The monoisotopic (exact) mass is 597 g/mol. The molecule has 29 heavy (non-hydrogen) atoms. The Labute approximate surface area is 197 Å². The fourth-order valence-electron chi connectivity index (χ4n) is 3.04. The lowest BCUT2D eigenvalue weighted by Gasteiger charge is -2.00. The third-order valence-corrected chi connectivity index (χ3v) is 5.06. The summed E-state index contributed by atoms with van der Waals surface area (Å²) in [5, 5.41) is 0. The van der Waals surface area contributed by atoms with Crippen LogP contribution in [0.5, 0.6) is 0 Å². The van der Waals surface area contributed by atoms with Crippen molar-refractivity contribution in [2.24, 2.45) is 0 Å². The van der Waals surface area contributed by atoms with E-state index >= 15 is 0 Å². The van der Waals surface area contributed by atoms with Gasteiger partial charge in [-0.15, -0.1) is 0 Å². The number of halogens is 3. The first-order valence-electron chi connectivity index (χ1n) is 10.1. The van der Waals surface area contributed by atoms with Crippen LogP contribution in [-0.4, -0.2) is 37.5 Å². The van der Waals surface area contributed by atoms with Gasteiger partial charge in [0.25, 0.3) is 0 Å². The largest absolute Gasteiger partial charge is 0.461 e. The summed E-state index contributed by atoms with van der Waals surface area (Å²) < 4.78 is 15.9. The molecule has 0 aromatic carbocycles. The van der Waals surface area contributed by atoms with Gasteiger partial charge in [0, 0.05) is 68.7 Å². The Morgan fingerprint density at radius 2 is 1.83 bits per heavy atom. The summed E-state index contributed by atoms with van der Waals surface area (Å²) in [6.45, 7) is 7.97. The van der Waals surface area contributed by atoms with Gasteiger partial charge in [0.15, 0.2) is 11.5 Å². The van der Waals surface area contributed by atoms with Gasteiger partial charge in [-0.3, -0.25) is 4.79 Å². The zero-order valence-electron chi connectivity index (χ0n) is 17.9. The van der Waals surface area contributed by atoms with Crippen LogP contribution < -0.4 is 0 Å². The number of hydrogen-bond donors (Lipinski definition) is 0. The van der Waals surface area contributed by atoms with Gasteiger partial charge < -0.3 is 13.9 Å². The van der Waals surface area contributed by atoms with Crippen molar-refractivity contribution < 1.29 is 15.7 Å². The zero-order chi connectivity index (χ0) is 22.7. The molecule has 0 aliphatic carbocycles. The van der Waals surface area contributed by atoms with Crippen LogP contribution in [0.3, 0.4) is 0 Å². The zero-order valence-corrected chi connectivity index (χ0v) is 21.6. The van der Waals surface area contributed by atoms with Crippen LogP contribution in [0.25, 0.3) is 0 Å². The minimum absolute atomic E-state index is 0.0619. The van der Waals surface area contributed by atoms with Crippen molar-refractivity contribution in [3.05, 3.63) is 33.8 Å². The predicted octanol–water partition coefficient (Wildman–Crippen LogP) is 5.52. The Kier molecular flexibility index (Phi) is 11.2. The van der Waals surface area contributed by atoms with Gasteiger partial charge in [-0.25, -0.2) is 14.8 Å².